The second-order valence-corrected chi connectivity index (χ2v) is 12.6. The van der Waals surface area contributed by atoms with Gasteiger partial charge < -0.3 is 0 Å². The Morgan fingerprint density at radius 3 is 1.00 bits per heavy atom. The first-order valence-electron chi connectivity index (χ1n) is 14.7. The lowest BCUT2D eigenvalue weighted by atomic mass is 9.87. The number of benzene rings is 7. The molecule has 0 bridgehead atoms. The van der Waals surface area contributed by atoms with Gasteiger partial charge in [-0.05, 0) is 102 Å². The first-order valence-corrected chi connectivity index (χ1v) is 16.2. The molecule has 0 nitrogen and oxygen atoms in total. The van der Waals surface area contributed by atoms with Crippen LogP contribution in [-0.4, -0.2) is 0 Å². The smallest absolute Gasteiger partial charge is 0.0181 e. The van der Waals surface area contributed by atoms with Crippen molar-refractivity contribution in [3.05, 3.63) is 200 Å². The Hall–Kier alpha value is -4.50. The van der Waals surface area contributed by atoms with E-state index < -0.39 is 0 Å². The second-order valence-electron chi connectivity index (χ2n) is 10.8. The predicted molar refractivity (Wildman–Crippen MR) is 197 cm³/mol. The fourth-order valence-corrected chi connectivity index (χ4v) is 6.81. The van der Waals surface area contributed by atoms with E-state index in [-0.39, 0.29) is 0 Å². The fraction of sp³-hybridized carbons (Fsp3) is 0. The Bertz CT molecular complexity index is 1960. The van der Waals surface area contributed by atoms with Crippen molar-refractivity contribution in [1.82, 2.24) is 0 Å². The molecule has 0 heterocycles. The molecule has 0 fully saturated rings. The summed E-state index contributed by atoms with van der Waals surface area (Å²) in [5.74, 6) is 0. The highest BCUT2D eigenvalue weighted by Gasteiger charge is 2.15. The van der Waals surface area contributed by atoms with Crippen molar-refractivity contribution in [3.8, 4) is 0 Å². The van der Waals surface area contributed by atoms with Crippen LogP contribution in [-0.2, 0) is 0 Å². The SMILES string of the molecule is Brc1cccc(/C(=C/c2c3ccccc3c(/C=C(\c3ccccc3)c3cccc(Br)c3)c3ccccc23)c2ccccc2)c1. The van der Waals surface area contributed by atoms with E-state index in [9.17, 15) is 0 Å². The average molecular weight is 692 g/mol. The number of fused-ring (bicyclic) bond motifs is 2. The topological polar surface area (TPSA) is 0 Å². The summed E-state index contributed by atoms with van der Waals surface area (Å²) in [6.07, 6.45) is 4.75. The van der Waals surface area contributed by atoms with E-state index in [1.807, 2.05) is 0 Å². The molecule has 0 spiro atoms. The lowest BCUT2D eigenvalue weighted by molar-refractivity contribution is 1.53. The minimum Gasteiger partial charge on any atom is -0.0622 e. The summed E-state index contributed by atoms with van der Waals surface area (Å²) < 4.78 is 2.13. The van der Waals surface area contributed by atoms with Crippen LogP contribution < -0.4 is 0 Å². The Balaban J connectivity index is 1.56. The number of halogens is 2. The van der Waals surface area contributed by atoms with Crippen LogP contribution in [0.2, 0.25) is 0 Å². The zero-order valence-corrected chi connectivity index (χ0v) is 27.1. The van der Waals surface area contributed by atoms with E-state index in [4.69, 9.17) is 0 Å². The van der Waals surface area contributed by atoms with Gasteiger partial charge in [0, 0.05) is 8.95 Å². The summed E-state index contributed by atoms with van der Waals surface area (Å²) in [6, 6.07) is 56.1. The number of hydrogen-bond donors (Lipinski definition) is 0. The molecular formula is C42H28Br2. The molecule has 0 radical (unpaired) electrons. The molecule has 0 aliphatic heterocycles. The van der Waals surface area contributed by atoms with E-state index >= 15 is 0 Å². The molecule has 7 aromatic rings. The predicted octanol–water partition coefficient (Wildman–Crippen LogP) is 12.7. The van der Waals surface area contributed by atoms with Crippen LogP contribution in [0.1, 0.15) is 33.4 Å². The standard InChI is InChI=1S/C42H28Br2/c43-33-19-11-17-31(25-33)39(29-13-3-1-4-14-29)27-41-35-21-7-9-23-37(35)42(38-24-10-8-22-36(38)41)28-40(30-15-5-2-6-16-30)32-18-12-20-34(44)26-32/h1-28H/b39-27+,40-28+. The van der Waals surface area contributed by atoms with Crippen LogP contribution >= 0.6 is 31.9 Å². The maximum Gasteiger partial charge on any atom is 0.0181 e. The molecule has 210 valence electrons. The van der Waals surface area contributed by atoms with Crippen LogP contribution in [0.15, 0.2) is 167 Å². The number of rotatable bonds is 6. The highest BCUT2D eigenvalue weighted by molar-refractivity contribution is 9.10. The van der Waals surface area contributed by atoms with Gasteiger partial charge in [-0.1, -0.05) is 165 Å². The Labute approximate surface area is 275 Å². The molecule has 2 heteroatoms. The molecule has 7 aromatic carbocycles. The number of hydrogen-bond acceptors (Lipinski definition) is 0. The zero-order chi connectivity index (χ0) is 29.9. The molecule has 0 unspecified atom stereocenters. The van der Waals surface area contributed by atoms with Gasteiger partial charge in [-0.3, -0.25) is 0 Å². The monoisotopic (exact) mass is 690 g/mol. The summed E-state index contributed by atoms with van der Waals surface area (Å²) in [7, 11) is 0. The summed E-state index contributed by atoms with van der Waals surface area (Å²) in [6.45, 7) is 0. The molecular weight excluding hydrogens is 664 g/mol. The van der Waals surface area contributed by atoms with Gasteiger partial charge in [-0.25, -0.2) is 0 Å². The quantitative estimate of drug-likeness (QED) is 0.120. The van der Waals surface area contributed by atoms with Gasteiger partial charge in [0.1, 0.15) is 0 Å². The molecule has 0 aliphatic carbocycles. The summed E-state index contributed by atoms with van der Waals surface area (Å²) in [4.78, 5) is 0. The van der Waals surface area contributed by atoms with Gasteiger partial charge in [-0.15, -0.1) is 0 Å². The van der Waals surface area contributed by atoms with Crippen LogP contribution in [0.5, 0.6) is 0 Å². The molecule has 44 heavy (non-hydrogen) atoms. The van der Waals surface area contributed by atoms with Gasteiger partial charge >= 0.3 is 0 Å². The van der Waals surface area contributed by atoms with Crippen molar-refractivity contribution in [2.45, 2.75) is 0 Å². The molecule has 7 rings (SSSR count). The zero-order valence-electron chi connectivity index (χ0n) is 23.9. The first-order chi connectivity index (χ1) is 21.7. The van der Waals surface area contributed by atoms with E-state index in [2.05, 4.69) is 202 Å². The van der Waals surface area contributed by atoms with Crippen molar-refractivity contribution in [2.24, 2.45) is 0 Å². The largest absolute Gasteiger partial charge is 0.0622 e. The first kappa shape index (κ1) is 28.3. The van der Waals surface area contributed by atoms with Gasteiger partial charge in [0.2, 0.25) is 0 Å². The third kappa shape index (κ3) is 5.71. The van der Waals surface area contributed by atoms with Gasteiger partial charge in [-0.2, -0.15) is 0 Å². The minimum absolute atomic E-state index is 1.06. The van der Waals surface area contributed by atoms with E-state index in [0.717, 1.165) is 8.95 Å². The van der Waals surface area contributed by atoms with Crippen molar-refractivity contribution >= 4 is 76.7 Å². The second kappa shape index (κ2) is 12.6. The van der Waals surface area contributed by atoms with Crippen LogP contribution in [0.3, 0.4) is 0 Å². The highest BCUT2D eigenvalue weighted by Crippen LogP contribution is 2.39. The molecule has 0 aliphatic rings. The maximum atomic E-state index is 3.71. The van der Waals surface area contributed by atoms with Crippen LogP contribution in [0.4, 0.5) is 0 Å². The third-order valence-corrected chi connectivity index (χ3v) is 9.02. The highest BCUT2D eigenvalue weighted by atomic mass is 79.9. The molecule has 0 aromatic heterocycles. The van der Waals surface area contributed by atoms with Gasteiger partial charge in [0.15, 0.2) is 0 Å². The normalized spacial score (nSPS) is 12.1. The van der Waals surface area contributed by atoms with E-state index in [1.165, 1.54) is 66.1 Å². The third-order valence-electron chi connectivity index (χ3n) is 8.03. The Morgan fingerprint density at radius 1 is 0.341 bits per heavy atom. The minimum atomic E-state index is 1.06. The Kier molecular flexibility index (Phi) is 8.11. The lowest BCUT2D eigenvalue weighted by Gasteiger charge is -2.17. The van der Waals surface area contributed by atoms with E-state index in [1.54, 1.807) is 0 Å². The molecule has 0 atom stereocenters. The van der Waals surface area contributed by atoms with Crippen LogP contribution in [0.25, 0.3) is 44.8 Å². The van der Waals surface area contributed by atoms with Crippen molar-refractivity contribution in [2.75, 3.05) is 0 Å². The van der Waals surface area contributed by atoms with Crippen molar-refractivity contribution in [1.29, 1.82) is 0 Å². The summed E-state index contributed by atoms with van der Waals surface area (Å²) >= 11 is 7.41. The van der Waals surface area contributed by atoms with Gasteiger partial charge in [0.05, 0.1) is 0 Å². The summed E-state index contributed by atoms with van der Waals surface area (Å²) in [5.41, 5.74) is 9.51. The van der Waals surface area contributed by atoms with E-state index in [0.29, 0.717) is 0 Å². The van der Waals surface area contributed by atoms with Crippen molar-refractivity contribution < 1.29 is 0 Å². The molecule has 0 saturated heterocycles. The molecule has 0 saturated carbocycles. The lowest BCUT2D eigenvalue weighted by Crippen LogP contribution is -1.94. The average Bonchev–Trinajstić information content (AvgIpc) is 3.07. The molecule has 0 N–H and O–H groups in total. The molecule has 0 amide bonds. The van der Waals surface area contributed by atoms with Crippen LogP contribution in [0, 0.1) is 0 Å². The fourth-order valence-electron chi connectivity index (χ4n) is 6.01. The summed E-state index contributed by atoms with van der Waals surface area (Å²) in [5, 5.41) is 4.90. The Morgan fingerprint density at radius 2 is 0.659 bits per heavy atom. The van der Waals surface area contributed by atoms with Crippen molar-refractivity contribution in [3.63, 3.8) is 0 Å². The van der Waals surface area contributed by atoms with Gasteiger partial charge in [0.25, 0.3) is 0 Å². The maximum absolute atomic E-state index is 3.71.